The molecule has 0 atom stereocenters. The monoisotopic (exact) mass is 399 g/mol. The van der Waals surface area contributed by atoms with Gasteiger partial charge in [-0.05, 0) is 19.3 Å². The van der Waals surface area contributed by atoms with Gasteiger partial charge in [-0.3, -0.25) is 0 Å². The van der Waals surface area contributed by atoms with Crippen molar-refractivity contribution >= 4 is 11.9 Å². The van der Waals surface area contributed by atoms with Crippen molar-refractivity contribution in [2.24, 2.45) is 0 Å². The minimum absolute atomic E-state index is 0.205. The zero-order valence-corrected chi connectivity index (χ0v) is 16.4. The van der Waals surface area contributed by atoms with Crippen molar-refractivity contribution in [2.75, 3.05) is 55.8 Å². The van der Waals surface area contributed by atoms with E-state index in [0.717, 1.165) is 39.0 Å². The Balaban J connectivity index is 1.56. The first-order valence-electron chi connectivity index (χ1n) is 9.91. The number of aromatic nitrogens is 5. The second-order valence-corrected chi connectivity index (χ2v) is 6.78. The second kappa shape index (κ2) is 9.46. The van der Waals surface area contributed by atoms with Gasteiger partial charge in [0.1, 0.15) is 6.61 Å². The lowest BCUT2D eigenvalue weighted by molar-refractivity contribution is 0.122. The molecule has 0 bridgehead atoms. The first-order chi connectivity index (χ1) is 14.3. The van der Waals surface area contributed by atoms with Gasteiger partial charge in [0.25, 0.3) is 0 Å². The van der Waals surface area contributed by atoms with E-state index in [2.05, 4.69) is 36.5 Å². The van der Waals surface area contributed by atoms with Gasteiger partial charge >= 0.3 is 6.01 Å². The molecule has 0 spiro atoms. The van der Waals surface area contributed by atoms with Gasteiger partial charge in [0.2, 0.25) is 23.7 Å². The van der Waals surface area contributed by atoms with Gasteiger partial charge in [0.15, 0.2) is 0 Å². The number of morpholine rings is 1. The van der Waals surface area contributed by atoms with Gasteiger partial charge in [0.05, 0.1) is 13.2 Å². The zero-order chi connectivity index (χ0) is 19.9. The van der Waals surface area contributed by atoms with Crippen LogP contribution in [0.2, 0.25) is 0 Å². The molecule has 0 amide bonds. The van der Waals surface area contributed by atoms with Gasteiger partial charge in [0, 0.05) is 38.3 Å². The minimum Gasteiger partial charge on any atom is -0.472 e. The predicted molar refractivity (Wildman–Crippen MR) is 107 cm³/mol. The highest BCUT2D eigenvalue weighted by atomic mass is 16.5. The van der Waals surface area contributed by atoms with Crippen LogP contribution in [-0.2, 0) is 4.74 Å². The Morgan fingerprint density at radius 3 is 2.21 bits per heavy atom. The Morgan fingerprint density at radius 2 is 1.55 bits per heavy atom. The SMILES string of the molecule is C=CCOc1ccc(Oc2nc(N3CCCCC3)nc(N3CCOCC3)n2)nn1. The molecule has 4 heterocycles. The Hall–Kier alpha value is -3.01. The Morgan fingerprint density at radius 1 is 0.897 bits per heavy atom. The van der Waals surface area contributed by atoms with Crippen LogP contribution in [0.5, 0.6) is 17.8 Å². The molecule has 0 aromatic carbocycles. The molecule has 2 aromatic rings. The lowest BCUT2D eigenvalue weighted by atomic mass is 10.1. The number of nitrogens with zero attached hydrogens (tertiary/aromatic N) is 7. The largest absolute Gasteiger partial charge is 0.472 e. The van der Waals surface area contributed by atoms with E-state index >= 15 is 0 Å². The van der Waals surface area contributed by atoms with Crippen LogP contribution in [0, 0.1) is 0 Å². The quantitative estimate of drug-likeness (QED) is 0.641. The van der Waals surface area contributed by atoms with Crippen LogP contribution >= 0.6 is 0 Å². The van der Waals surface area contributed by atoms with Crippen LogP contribution in [0.1, 0.15) is 19.3 Å². The standard InChI is InChI=1S/C19H25N7O3/c1-2-12-28-15-6-7-16(24-23-15)29-19-21-17(25-8-4-3-5-9-25)20-18(22-19)26-10-13-27-14-11-26/h2,6-7H,1,3-5,8-14H2. The first-order valence-corrected chi connectivity index (χ1v) is 9.91. The van der Waals surface area contributed by atoms with Crippen molar-refractivity contribution < 1.29 is 14.2 Å². The number of rotatable bonds is 7. The van der Waals surface area contributed by atoms with Crippen LogP contribution in [0.3, 0.4) is 0 Å². The molecular weight excluding hydrogens is 374 g/mol. The third-order valence-corrected chi connectivity index (χ3v) is 4.68. The zero-order valence-electron chi connectivity index (χ0n) is 16.4. The van der Waals surface area contributed by atoms with Crippen LogP contribution in [0.4, 0.5) is 11.9 Å². The van der Waals surface area contributed by atoms with Crippen LogP contribution in [0.15, 0.2) is 24.8 Å². The summed E-state index contributed by atoms with van der Waals surface area (Å²) in [6.07, 6.45) is 5.14. The summed E-state index contributed by atoms with van der Waals surface area (Å²) >= 11 is 0. The smallest absolute Gasteiger partial charge is 0.330 e. The average molecular weight is 399 g/mol. The first kappa shape index (κ1) is 19.3. The fourth-order valence-electron chi connectivity index (χ4n) is 3.20. The molecule has 2 aromatic heterocycles. The minimum atomic E-state index is 0.205. The van der Waals surface area contributed by atoms with Crippen LogP contribution < -0.4 is 19.3 Å². The van der Waals surface area contributed by atoms with E-state index in [-0.39, 0.29) is 6.01 Å². The van der Waals surface area contributed by atoms with Crippen LogP contribution in [0.25, 0.3) is 0 Å². The summed E-state index contributed by atoms with van der Waals surface area (Å²) in [5, 5.41) is 8.02. The lowest BCUT2D eigenvalue weighted by Gasteiger charge is -2.30. The van der Waals surface area contributed by atoms with Crippen molar-refractivity contribution in [2.45, 2.75) is 19.3 Å². The number of hydrogen-bond donors (Lipinski definition) is 0. The van der Waals surface area contributed by atoms with E-state index < -0.39 is 0 Å². The molecule has 154 valence electrons. The van der Waals surface area contributed by atoms with Crippen molar-refractivity contribution in [1.29, 1.82) is 0 Å². The van der Waals surface area contributed by atoms with Gasteiger partial charge in [-0.15, -0.1) is 10.2 Å². The lowest BCUT2D eigenvalue weighted by Crippen LogP contribution is -2.38. The summed E-state index contributed by atoms with van der Waals surface area (Å²) < 4.78 is 16.6. The summed E-state index contributed by atoms with van der Waals surface area (Å²) in [5.41, 5.74) is 0. The predicted octanol–water partition coefficient (Wildman–Crippen LogP) is 1.85. The molecule has 2 saturated heterocycles. The molecule has 2 aliphatic rings. The molecular formula is C19H25N7O3. The maximum atomic E-state index is 5.80. The molecule has 0 aliphatic carbocycles. The number of anilines is 2. The number of piperidine rings is 1. The van der Waals surface area contributed by atoms with Gasteiger partial charge < -0.3 is 24.0 Å². The highest BCUT2D eigenvalue weighted by Gasteiger charge is 2.21. The topological polar surface area (TPSA) is 98.6 Å². The molecule has 29 heavy (non-hydrogen) atoms. The Bertz CT molecular complexity index is 770. The summed E-state index contributed by atoms with van der Waals surface area (Å²) in [4.78, 5) is 18.0. The molecule has 0 unspecified atom stereocenters. The number of ether oxygens (including phenoxy) is 3. The molecule has 0 saturated carbocycles. The third kappa shape index (κ3) is 5.08. The van der Waals surface area contributed by atoms with Crippen LogP contribution in [-0.4, -0.2) is 71.1 Å². The second-order valence-electron chi connectivity index (χ2n) is 6.78. The average Bonchev–Trinajstić information content (AvgIpc) is 2.79. The van der Waals surface area contributed by atoms with E-state index in [0.29, 0.717) is 43.5 Å². The Kier molecular flexibility index (Phi) is 6.30. The summed E-state index contributed by atoms with van der Waals surface area (Å²) in [5.74, 6) is 1.92. The maximum absolute atomic E-state index is 5.80. The molecule has 4 rings (SSSR count). The molecule has 0 radical (unpaired) electrons. The molecule has 2 aliphatic heterocycles. The van der Waals surface area contributed by atoms with E-state index in [9.17, 15) is 0 Å². The van der Waals surface area contributed by atoms with E-state index in [1.54, 1.807) is 18.2 Å². The Labute approximate surface area is 169 Å². The molecule has 2 fully saturated rings. The summed E-state index contributed by atoms with van der Waals surface area (Å²) in [6.45, 7) is 8.61. The molecule has 10 nitrogen and oxygen atoms in total. The van der Waals surface area contributed by atoms with Crippen molar-refractivity contribution in [3.63, 3.8) is 0 Å². The highest BCUT2D eigenvalue weighted by Crippen LogP contribution is 2.24. The maximum Gasteiger partial charge on any atom is 0.330 e. The van der Waals surface area contributed by atoms with E-state index in [1.165, 1.54) is 6.42 Å². The van der Waals surface area contributed by atoms with Crippen molar-refractivity contribution in [1.82, 2.24) is 25.1 Å². The van der Waals surface area contributed by atoms with Gasteiger partial charge in [-0.2, -0.15) is 15.0 Å². The fourth-order valence-corrected chi connectivity index (χ4v) is 3.20. The normalized spacial score (nSPS) is 17.1. The van der Waals surface area contributed by atoms with Crippen molar-refractivity contribution in [3.05, 3.63) is 24.8 Å². The third-order valence-electron chi connectivity index (χ3n) is 4.68. The summed E-state index contributed by atoms with van der Waals surface area (Å²) in [7, 11) is 0. The van der Waals surface area contributed by atoms with Crippen molar-refractivity contribution in [3.8, 4) is 17.8 Å². The molecule has 10 heteroatoms. The highest BCUT2D eigenvalue weighted by molar-refractivity contribution is 5.41. The number of hydrogen-bond acceptors (Lipinski definition) is 10. The van der Waals surface area contributed by atoms with E-state index in [1.807, 2.05) is 0 Å². The molecule has 0 N–H and O–H groups in total. The van der Waals surface area contributed by atoms with Gasteiger partial charge in [-0.25, -0.2) is 0 Å². The van der Waals surface area contributed by atoms with Gasteiger partial charge in [-0.1, -0.05) is 12.7 Å². The summed E-state index contributed by atoms with van der Waals surface area (Å²) in [6, 6.07) is 3.56. The van der Waals surface area contributed by atoms with E-state index in [4.69, 9.17) is 19.2 Å². The fraction of sp³-hybridized carbons (Fsp3) is 0.526.